The molecule has 1 aliphatic heterocycles. The van der Waals surface area contributed by atoms with Crippen LogP contribution in [0, 0.1) is 11.5 Å². The van der Waals surface area contributed by atoms with Gasteiger partial charge in [0.25, 0.3) is 0 Å². The van der Waals surface area contributed by atoms with Gasteiger partial charge in [-0.1, -0.05) is 0 Å². The molecule has 0 aromatic carbocycles. The van der Waals surface area contributed by atoms with Crippen LogP contribution in [0.2, 0.25) is 0 Å². The number of thiophene rings is 1. The highest BCUT2D eigenvalue weighted by Crippen LogP contribution is 2.33. The summed E-state index contributed by atoms with van der Waals surface area (Å²) in [5.74, 6) is 0.565. The van der Waals surface area contributed by atoms with Crippen molar-refractivity contribution in [3.05, 3.63) is 17.3 Å². The maximum Gasteiger partial charge on any atom is 0.393 e. The predicted octanol–water partition coefficient (Wildman–Crippen LogP) is 3.15. The third-order valence-corrected chi connectivity index (χ3v) is 4.78. The van der Waals surface area contributed by atoms with Crippen molar-refractivity contribution in [3.63, 3.8) is 0 Å². The van der Waals surface area contributed by atoms with E-state index in [1.807, 2.05) is 0 Å². The molecule has 1 aliphatic rings. The molecule has 9 heteroatoms. The first-order valence-corrected chi connectivity index (χ1v) is 7.97. The molecular formula is C14H14F3N5S. The van der Waals surface area contributed by atoms with Gasteiger partial charge in [0, 0.05) is 24.0 Å². The summed E-state index contributed by atoms with van der Waals surface area (Å²) in [5, 5.41) is 12.8. The lowest BCUT2D eigenvalue weighted by Crippen LogP contribution is -2.36. The van der Waals surface area contributed by atoms with E-state index >= 15 is 0 Å². The van der Waals surface area contributed by atoms with E-state index in [9.17, 15) is 13.2 Å². The monoisotopic (exact) mass is 341 g/mol. The highest BCUT2D eigenvalue weighted by Gasteiger charge is 2.29. The van der Waals surface area contributed by atoms with Gasteiger partial charge in [-0.05, 0) is 18.9 Å². The second-order valence-electron chi connectivity index (χ2n) is 5.45. The highest BCUT2D eigenvalue weighted by atomic mass is 32.1. The molecule has 0 atom stereocenters. The number of aromatic nitrogens is 2. The fraction of sp³-hybridized carbons (Fsp3) is 0.500. The van der Waals surface area contributed by atoms with Gasteiger partial charge in [-0.15, -0.1) is 11.3 Å². The Morgan fingerprint density at radius 2 is 2.09 bits per heavy atom. The van der Waals surface area contributed by atoms with Gasteiger partial charge in [-0.3, -0.25) is 0 Å². The number of fused-ring (bicyclic) bond motifs is 1. The summed E-state index contributed by atoms with van der Waals surface area (Å²) in [5.41, 5.74) is 0. The van der Waals surface area contributed by atoms with Crippen LogP contribution in [0.4, 0.5) is 19.0 Å². The number of piperidine rings is 1. The number of hydrogen-bond donors (Lipinski definition) is 1. The maximum absolute atomic E-state index is 12.5. The van der Waals surface area contributed by atoms with Crippen molar-refractivity contribution < 1.29 is 13.2 Å². The largest absolute Gasteiger partial charge is 0.393 e. The minimum Gasteiger partial charge on any atom is -0.367 e. The Balaban J connectivity index is 1.77. The molecule has 2 aromatic rings. The number of rotatable bonds is 3. The molecule has 3 heterocycles. The average molecular weight is 341 g/mol. The van der Waals surface area contributed by atoms with Crippen LogP contribution < -0.4 is 5.32 Å². The molecule has 0 saturated carbocycles. The van der Waals surface area contributed by atoms with Crippen LogP contribution in [0.15, 0.2) is 12.4 Å². The lowest BCUT2D eigenvalue weighted by Gasteiger charge is -2.29. The standard InChI is InChI=1S/C14H14F3N5S/c15-14(16,17)6-10-5-11-12(19-8-20-13(11)23-10)21-9-1-3-22(7-18)4-2-9/h5,8-9H,1-4,6H2,(H,19,20,21). The zero-order valence-electron chi connectivity index (χ0n) is 12.1. The van der Waals surface area contributed by atoms with Crippen molar-refractivity contribution in [2.75, 3.05) is 18.4 Å². The summed E-state index contributed by atoms with van der Waals surface area (Å²) in [7, 11) is 0. The smallest absolute Gasteiger partial charge is 0.367 e. The van der Waals surface area contributed by atoms with Crippen molar-refractivity contribution in [3.8, 4) is 6.19 Å². The number of nitrogens with one attached hydrogen (secondary N) is 1. The number of nitrogens with zero attached hydrogens (tertiary/aromatic N) is 4. The number of likely N-dealkylation sites (tertiary alicyclic amines) is 1. The SMILES string of the molecule is N#CN1CCC(Nc2ncnc3sc(CC(F)(F)F)cc23)CC1. The van der Waals surface area contributed by atoms with Gasteiger partial charge in [-0.25, -0.2) is 9.97 Å². The first kappa shape index (κ1) is 15.8. The zero-order chi connectivity index (χ0) is 16.4. The minimum atomic E-state index is -4.23. The molecule has 3 rings (SSSR count). The maximum atomic E-state index is 12.5. The first-order valence-electron chi connectivity index (χ1n) is 7.16. The number of alkyl halides is 3. The van der Waals surface area contributed by atoms with Gasteiger partial charge < -0.3 is 10.2 Å². The van der Waals surface area contributed by atoms with E-state index in [0.717, 1.165) is 24.2 Å². The molecular weight excluding hydrogens is 327 g/mol. The van der Waals surface area contributed by atoms with Crippen molar-refractivity contribution in [2.24, 2.45) is 0 Å². The van der Waals surface area contributed by atoms with Gasteiger partial charge in [0.2, 0.25) is 0 Å². The molecule has 1 N–H and O–H groups in total. The second kappa shape index (κ2) is 6.20. The highest BCUT2D eigenvalue weighted by molar-refractivity contribution is 7.18. The van der Waals surface area contributed by atoms with E-state index < -0.39 is 12.6 Å². The molecule has 23 heavy (non-hydrogen) atoms. The van der Waals surface area contributed by atoms with Crippen molar-refractivity contribution in [1.82, 2.24) is 14.9 Å². The van der Waals surface area contributed by atoms with E-state index in [0.29, 0.717) is 29.1 Å². The van der Waals surface area contributed by atoms with E-state index in [2.05, 4.69) is 21.5 Å². The molecule has 0 spiro atoms. The van der Waals surface area contributed by atoms with Gasteiger partial charge in [0.1, 0.15) is 17.0 Å². The zero-order valence-corrected chi connectivity index (χ0v) is 12.9. The third-order valence-electron chi connectivity index (χ3n) is 3.73. The molecule has 5 nitrogen and oxygen atoms in total. The Labute approximate surface area is 134 Å². The Kier molecular flexibility index (Phi) is 4.26. The van der Waals surface area contributed by atoms with Gasteiger partial charge in [0.05, 0.1) is 11.8 Å². The number of nitriles is 1. The number of halogens is 3. The summed E-state index contributed by atoms with van der Waals surface area (Å²) in [6.07, 6.45) is -0.118. The van der Waals surface area contributed by atoms with E-state index in [1.54, 1.807) is 4.90 Å². The molecule has 2 aromatic heterocycles. The topological polar surface area (TPSA) is 64.8 Å². The van der Waals surface area contributed by atoms with E-state index in [-0.39, 0.29) is 10.9 Å². The molecule has 1 fully saturated rings. The summed E-state index contributed by atoms with van der Waals surface area (Å²) in [4.78, 5) is 10.7. The Bertz CT molecular complexity index is 728. The summed E-state index contributed by atoms with van der Waals surface area (Å²) in [6.45, 7) is 1.34. The van der Waals surface area contributed by atoms with Crippen LogP contribution in [0.5, 0.6) is 0 Å². The molecule has 0 bridgehead atoms. The average Bonchev–Trinajstić information content (AvgIpc) is 2.89. The van der Waals surface area contributed by atoms with Crippen molar-refractivity contribution in [2.45, 2.75) is 31.5 Å². The van der Waals surface area contributed by atoms with Gasteiger partial charge >= 0.3 is 6.18 Å². The van der Waals surface area contributed by atoms with Crippen LogP contribution >= 0.6 is 11.3 Å². The van der Waals surface area contributed by atoms with Crippen LogP contribution in [0.25, 0.3) is 10.2 Å². The predicted molar refractivity (Wildman–Crippen MR) is 81.0 cm³/mol. The van der Waals surface area contributed by atoms with Crippen LogP contribution in [-0.4, -0.2) is 40.2 Å². The summed E-state index contributed by atoms with van der Waals surface area (Å²) in [6, 6.07) is 1.67. The Morgan fingerprint density at radius 3 is 2.74 bits per heavy atom. The lowest BCUT2D eigenvalue weighted by atomic mass is 10.1. The van der Waals surface area contributed by atoms with Crippen LogP contribution in [0.1, 0.15) is 17.7 Å². The van der Waals surface area contributed by atoms with Crippen LogP contribution in [-0.2, 0) is 6.42 Å². The Morgan fingerprint density at radius 1 is 1.35 bits per heavy atom. The lowest BCUT2D eigenvalue weighted by molar-refractivity contribution is -0.126. The summed E-state index contributed by atoms with van der Waals surface area (Å²) >= 11 is 1.04. The van der Waals surface area contributed by atoms with Gasteiger partial charge in [-0.2, -0.15) is 18.4 Å². The molecule has 0 aliphatic carbocycles. The van der Waals surface area contributed by atoms with Gasteiger partial charge in [0.15, 0.2) is 6.19 Å². The quantitative estimate of drug-likeness (QED) is 0.869. The van der Waals surface area contributed by atoms with Crippen molar-refractivity contribution in [1.29, 1.82) is 5.26 Å². The van der Waals surface area contributed by atoms with Crippen molar-refractivity contribution >= 4 is 27.4 Å². The minimum absolute atomic E-state index is 0.156. The summed E-state index contributed by atoms with van der Waals surface area (Å²) < 4.78 is 37.6. The Hall–Kier alpha value is -2.08. The fourth-order valence-electron chi connectivity index (χ4n) is 2.62. The second-order valence-corrected chi connectivity index (χ2v) is 6.57. The van der Waals surface area contributed by atoms with E-state index in [4.69, 9.17) is 5.26 Å². The fourth-order valence-corrected chi connectivity index (χ4v) is 3.65. The molecule has 0 radical (unpaired) electrons. The third kappa shape index (κ3) is 3.82. The number of anilines is 1. The molecule has 122 valence electrons. The molecule has 0 amide bonds. The first-order chi connectivity index (χ1) is 10.9. The normalized spacial score (nSPS) is 16.5. The molecule has 0 unspecified atom stereocenters. The van der Waals surface area contributed by atoms with E-state index in [1.165, 1.54) is 12.4 Å². The number of hydrogen-bond acceptors (Lipinski definition) is 6. The van der Waals surface area contributed by atoms with Crippen LogP contribution in [0.3, 0.4) is 0 Å². The molecule has 1 saturated heterocycles.